The number of rotatable bonds is 7. The van der Waals surface area contributed by atoms with Crippen LogP contribution in [0.1, 0.15) is 37.3 Å². The minimum atomic E-state index is 0.386. The zero-order chi connectivity index (χ0) is 11.8. The Morgan fingerprint density at radius 2 is 2.06 bits per heavy atom. The van der Waals surface area contributed by atoms with E-state index in [1.54, 1.807) is 0 Å². The Morgan fingerprint density at radius 3 is 2.75 bits per heavy atom. The summed E-state index contributed by atoms with van der Waals surface area (Å²) in [4.78, 5) is 11.1. The van der Waals surface area contributed by atoms with E-state index in [0.29, 0.717) is 12.2 Å². The first-order valence-electron chi connectivity index (χ1n) is 5.88. The maximum atomic E-state index is 11.1. The number of hydrogen-bond donors (Lipinski definition) is 0. The molecule has 0 saturated carbocycles. The van der Waals surface area contributed by atoms with Crippen molar-refractivity contribution in [1.82, 2.24) is 0 Å². The maximum Gasteiger partial charge on any atom is 0.132 e. The first kappa shape index (κ1) is 13.3. The van der Waals surface area contributed by atoms with Gasteiger partial charge in [0, 0.05) is 18.6 Å². The Balaban J connectivity index is 2.17. The SMILES string of the molecule is CCC(=O)CCCSCc1ccccc1C. The molecule has 88 valence electrons. The van der Waals surface area contributed by atoms with E-state index in [4.69, 9.17) is 0 Å². The summed E-state index contributed by atoms with van der Waals surface area (Å²) in [5, 5.41) is 0. The predicted molar refractivity (Wildman–Crippen MR) is 71.9 cm³/mol. The van der Waals surface area contributed by atoms with Gasteiger partial charge in [-0.15, -0.1) is 0 Å². The van der Waals surface area contributed by atoms with E-state index in [0.717, 1.165) is 24.3 Å². The van der Waals surface area contributed by atoms with Gasteiger partial charge in [0.15, 0.2) is 0 Å². The van der Waals surface area contributed by atoms with Crippen LogP contribution in [-0.2, 0) is 10.5 Å². The average Bonchev–Trinajstić information content (AvgIpc) is 2.30. The van der Waals surface area contributed by atoms with Crippen LogP contribution in [0.2, 0.25) is 0 Å². The van der Waals surface area contributed by atoms with Gasteiger partial charge in [-0.3, -0.25) is 4.79 Å². The molecule has 0 bridgehead atoms. The number of thioether (sulfide) groups is 1. The second kappa shape index (κ2) is 7.50. The molecule has 0 unspecified atom stereocenters. The number of carbonyl (C=O) groups excluding carboxylic acids is 1. The minimum Gasteiger partial charge on any atom is -0.300 e. The molecular weight excluding hydrogens is 216 g/mol. The molecule has 0 amide bonds. The van der Waals surface area contributed by atoms with Gasteiger partial charge in [-0.2, -0.15) is 11.8 Å². The van der Waals surface area contributed by atoms with Gasteiger partial charge >= 0.3 is 0 Å². The van der Waals surface area contributed by atoms with Crippen LogP contribution in [0.25, 0.3) is 0 Å². The van der Waals surface area contributed by atoms with Crippen LogP contribution in [0.15, 0.2) is 24.3 Å². The van der Waals surface area contributed by atoms with E-state index in [1.807, 2.05) is 18.7 Å². The largest absolute Gasteiger partial charge is 0.300 e. The van der Waals surface area contributed by atoms with Gasteiger partial charge in [-0.05, 0) is 30.2 Å². The van der Waals surface area contributed by atoms with Gasteiger partial charge in [-0.1, -0.05) is 31.2 Å². The summed E-state index contributed by atoms with van der Waals surface area (Å²) in [5.41, 5.74) is 2.77. The summed E-state index contributed by atoms with van der Waals surface area (Å²) < 4.78 is 0. The highest BCUT2D eigenvalue weighted by atomic mass is 32.2. The van der Waals surface area contributed by atoms with Crippen LogP contribution in [-0.4, -0.2) is 11.5 Å². The van der Waals surface area contributed by atoms with Crippen molar-refractivity contribution >= 4 is 17.5 Å². The minimum absolute atomic E-state index is 0.386. The average molecular weight is 236 g/mol. The third-order valence-electron chi connectivity index (χ3n) is 2.66. The molecule has 0 fully saturated rings. The molecule has 0 spiro atoms. The molecule has 0 aliphatic carbocycles. The van der Waals surface area contributed by atoms with Gasteiger partial charge in [0.25, 0.3) is 0 Å². The van der Waals surface area contributed by atoms with E-state index in [-0.39, 0.29) is 0 Å². The molecule has 0 radical (unpaired) electrons. The van der Waals surface area contributed by atoms with Crippen LogP contribution >= 0.6 is 11.8 Å². The molecular formula is C14H20OS. The second-order valence-electron chi connectivity index (χ2n) is 3.97. The molecule has 0 heterocycles. The van der Waals surface area contributed by atoms with Gasteiger partial charge in [0.1, 0.15) is 5.78 Å². The molecule has 0 saturated heterocycles. The first-order valence-corrected chi connectivity index (χ1v) is 7.03. The second-order valence-corrected chi connectivity index (χ2v) is 5.08. The lowest BCUT2D eigenvalue weighted by Crippen LogP contribution is -1.95. The Labute approximate surface area is 103 Å². The number of benzene rings is 1. The summed E-state index contributed by atoms with van der Waals surface area (Å²) in [5.74, 6) is 2.53. The molecule has 0 N–H and O–H groups in total. The first-order chi connectivity index (χ1) is 7.74. The quantitative estimate of drug-likeness (QED) is 0.666. The summed E-state index contributed by atoms with van der Waals surface area (Å²) >= 11 is 1.92. The topological polar surface area (TPSA) is 17.1 Å². The van der Waals surface area contributed by atoms with Crippen LogP contribution in [0.5, 0.6) is 0 Å². The van der Waals surface area contributed by atoms with Crippen LogP contribution in [0.4, 0.5) is 0 Å². The maximum absolute atomic E-state index is 11.1. The fraction of sp³-hybridized carbons (Fsp3) is 0.500. The molecule has 1 rings (SSSR count). The highest BCUT2D eigenvalue weighted by molar-refractivity contribution is 7.98. The Morgan fingerprint density at radius 1 is 1.31 bits per heavy atom. The van der Waals surface area contributed by atoms with Gasteiger partial charge in [0.2, 0.25) is 0 Å². The van der Waals surface area contributed by atoms with Crippen LogP contribution in [0, 0.1) is 6.92 Å². The zero-order valence-electron chi connectivity index (χ0n) is 10.2. The number of Topliss-reactive ketones (excluding diaryl/α,β-unsaturated/α-hetero) is 1. The zero-order valence-corrected chi connectivity index (χ0v) is 11.0. The third-order valence-corrected chi connectivity index (χ3v) is 3.75. The van der Waals surface area contributed by atoms with E-state index in [1.165, 1.54) is 11.1 Å². The summed E-state index contributed by atoms with van der Waals surface area (Å²) in [6.07, 6.45) is 2.45. The van der Waals surface area contributed by atoms with Crippen molar-refractivity contribution in [3.63, 3.8) is 0 Å². The van der Waals surface area contributed by atoms with Crippen molar-refractivity contribution < 1.29 is 4.79 Å². The molecule has 2 heteroatoms. The number of aryl methyl sites for hydroxylation is 1. The van der Waals surface area contributed by atoms with Gasteiger partial charge < -0.3 is 0 Å². The molecule has 0 aliphatic heterocycles. The molecule has 1 nitrogen and oxygen atoms in total. The van der Waals surface area contributed by atoms with Gasteiger partial charge in [0.05, 0.1) is 0 Å². The van der Waals surface area contributed by atoms with Crippen LogP contribution in [0.3, 0.4) is 0 Å². The third kappa shape index (κ3) is 4.84. The van der Waals surface area contributed by atoms with E-state index >= 15 is 0 Å². The lowest BCUT2D eigenvalue weighted by atomic mass is 10.1. The lowest BCUT2D eigenvalue weighted by Gasteiger charge is -2.04. The monoisotopic (exact) mass is 236 g/mol. The smallest absolute Gasteiger partial charge is 0.132 e. The molecule has 1 aromatic carbocycles. The fourth-order valence-corrected chi connectivity index (χ4v) is 2.54. The summed E-state index contributed by atoms with van der Waals surface area (Å²) in [6, 6.07) is 8.49. The van der Waals surface area contributed by atoms with Crippen molar-refractivity contribution in [2.24, 2.45) is 0 Å². The Hall–Kier alpha value is -0.760. The number of hydrogen-bond acceptors (Lipinski definition) is 2. The number of carbonyl (C=O) groups is 1. The lowest BCUT2D eigenvalue weighted by molar-refractivity contribution is -0.118. The molecule has 16 heavy (non-hydrogen) atoms. The molecule has 0 atom stereocenters. The fourth-order valence-electron chi connectivity index (χ4n) is 1.50. The molecule has 0 aliphatic rings. The van der Waals surface area contributed by atoms with Crippen molar-refractivity contribution in [2.75, 3.05) is 5.75 Å². The van der Waals surface area contributed by atoms with Crippen LogP contribution < -0.4 is 0 Å². The normalized spacial score (nSPS) is 10.4. The Bertz CT molecular complexity index is 333. The van der Waals surface area contributed by atoms with Crippen molar-refractivity contribution in [1.29, 1.82) is 0 Å². The standard InChI is InChI=1S/C14H20OS/c1-3-14(15)9-6-10-16-11-13-8-5-4-7-12(13)2/h4-5,7-8H,3,6,9-11H2,1-2H3. The number of ketones is 1. The van der Waals surface area contributed by atoms with Crippen molar-refractivity contribution in [2.45, 2.75) is 38.9 Å². The highest BCUT2D eigenvalue weighted by Crippen LogP contribution is 2.17. The van der Waals surface area contributed by atoms with E-state index in [2.05, 4.69) is 31.2 Å². The van der Waals surface area contributed by atoms with Gasteiger partial charge in [-0.25, -0.2) is 0 Å². The Kier molecular flexibility index (Phi) is 6.24. The summed E-state index contributed by atoms with van der Waals surface area (Å²) in [7, 11) is 0. The summed E-state index contributed by atoms with van der Waals surface area (Å²) in [6.45, 7) is 4.08. The van der Waals surface area contributed by atoms with E-state index in [9.17, 15) is 4.79 Å². The molecule has 0 aromatic heterocycles. The van der Waals surface area contributed by atoms with Crippen molar-refractivity contribution in [3.8, 4) is 0 Å². The highest BCUT2D eigenvalue weighted by Gasteiger charge is 1.99. The van der Waals surface area contributed by atoms with Crippen molar-refractivity contribution in [3.05, 3.63) is 35.4 Å². The van der Waals surface area contributed by atoms with E-state index < -0.39 is 0 Å². The molecule has 1 aromatic rings. The predicted octanol–water partition coefficient (Wildman–Crippen LogP) is 3.99.